The Balaban J connectivity index is 1.52. The van der Waals surface area contributed by atoms with Gasteiger partial charge in [0.05, 0.1) is 12.2 Å². The number of rotatable bonds is 6. The molecule has 0 aliphatic carbocycles. The standard InChI is InChI=1S/C22H23N3O6/c1-11-18(13(3)26)12(2)23-19(11)15(27)9-25-20(28)22(4,24-21(25)29)8-14-5-6-16-17(7-14)31-10-30-16/h5-7,23H,8-10H2,1-4H3,(H,24,29)/t22-/m1/s1. The second kappa shape index (κ2) is 7.26. The maximum absolute atomic E-state index is 13.1. The third kappa shape index (κ3) is 3.45. The second-order valence-electron chi connectivity index (χ2n) is 8.12. The number of carbonyl (C=O) groups excluding carboxylic acids is 4. The molecule has 0 unspecified atom stereocenters. The summed E-state index contributed by atoms with van der Waals surface area (Å²) in [5.41, 5.74) is 1.37. The van der Waals surface area contributed by atoms with Gasteiger partial charge in [0, 0.05) is 17.7 Å². The van der Waals surface area contributed by atoms with E-state index in [0.717, 1.165) is 10.5 Å². The molecule has 1 aromatic heterocycles. The molecule has 1 fully saturated rings. The summed E-state index contributed by atoms with van der Waals surface area (Å²) in [6.45, 7) is 6.15. The van der Waals surface area contributed by atoms with Crippen LogP contribution in [0.25, 0.3) is 0 Å². The molecule has 162 valence electrons. The minimum absolute atomic E-state index is 0.143. The number of nitrogens with one attached hydrogen (secondary N) is 2. The number of H-pyrrole nitrogens is 1. The van der Waals surface area contributed by atoms with E-state index in [-0.39, 0.29) is 24.7 Å². The van der Waals surface area contributed by atoms with E-state index in [9.17, 15) is 19.2 Å². The van der Waals surface area contributed by atoms with Gasteiger partial charge in [-0.2, -0.15) is 0 Å². The van der Waals surface area contributed by atoms with Gasteiger partial charge >= 0.3 is 6.03 Å². The highest BCUT2D eigenvalue weighted by Crippen LogP contribution is 2.34. The van der Waals surface area contributed by atoms with Crippen LogP contribution in [0, 0.1) is 13.8 Å². The number of hydrogen-bond acceptors (Lipinski definition) is 6. The number of carbonyl (C=O) groups is 4. The van der Waals surface area contributed by atoms with E-state index < -0.39 is 29.8 Å². The summed E-state index contributed by atoms with van der Waals surface area (Å²) in [7, 11) is 0. The van der Waals surface area contributed by atoms with E-state index in [1.54, 1.807) is 39.0 Å². The number of benzene rings is 1. The van der Waals surface area contributed by atoms with Gasteiger partial charge in [-0.1, -0.05) is 6.07 Å². The summed E-state index contributed by atoms with van der Waals surface area (Å²) in [5.74, 6) is 0.130. The topological polar surface area (TPSA) is 118 Å². The van der Waals surface area contributed by atoms with E-state index >= 15 is 0 Å². The van der Waals surface area contributed by atoms with Gasteiger partial charge in [-0.3, -0.25) is 19.3 Å². The van der Waals surface area contributed by atoms with Gasteiger partial charge in [0.2, 0.25) is 6.79 Å². The number of urea groups is 1. The van der Waals surface area contributed by atoms with E-state index in [1.807, 2.05) is 0 Å². The zero-order valence-electron chi connectivity index (χ0n) is 17.8. The fourth-order valence-corrected chi connectivity index (χ4v) is 4.25. The van der Waals surface area contributed by atoms with Crippen molar-refractivity contribution in [3.63, 3.8) is 0 Å². The molecule has 1 atom stereocenters. The SMILES string of the molecule is CC(=O)c1c(C)[nH]c(C(=O)CN2C(=O)N[C@](C)(Cc3ccc4c(c3)OCO4)C2=O)c1C. The zero-order chi connectivity index (χ0) is 22.5. The molecule has 2 aromatic rings. The van der Waals surface area contributed by atoms with E-state index in [4.69, 9.17) is 9.47 Å². The molecule has 0 saturated carbocycles. The van der Waals surface area contributed by atoms with Crippen molar-refractivity contribution in [1.82, 2.24) is 15.2 Å². The van der Waals surface area contributed by atoms with Crippen LogP contribution in [0.15, 0.2) is 18.2 Å². The Morgan fingerprint density at radius 1 is 1.16 bits per heavy atom. The van der Waals surface area contributed by atoms with Crippen LogP contribution in [0.2, 0.25) is 0 Å². The van der Waals surface area contributed by atoms with Gasteiger partial charge in [-0.15, -0.1) is 0 Å². The molecule has 0 spiro atoms. The number of aromatic nitrogens is 1. The number of aryl methyl sites for hydroxylation is 1. The number of ketones is 2. The summed E-state index contributed by atoms with van der Waals surface area (Å²) in [4.78, 5) is 54.1. The van der Waals surface area contributed by atoms with Crippen molar-refractivity contribution in [3.8, 4) is 11.5 Å². The molecule has 0 radical (unpaired) electrons. The number of fused-ring (bicyclic) bond motifs is 1. The van der Waals surface area contributed by atoms with E-state index in [1.165, 1.54) is 6.92 Å². The van der Waals surface area contributed by atoms with E-state index in [0.29, 0.717) is 28.3 Å². The number of imide groups is 1. The number of nitrogens with zero attached hydrogens (tertiary/aromatic N) is 1. The molecule has 3 heterocycles. The van der Waals surface area contributed by atoms with Gasteiger partial charge in [-0.05, 0) is 51.0 Å². The highest BCUT2D eigenvalue weighted by Gasteiger charge is 2.48. The molecule has 0 bridgehead atoms. The van der Waals surface area contributed by atoms with Gasteiger partial charge in [0.25, 0.3) is 5.91 Å². The highest BCUT2D eigenvalue weighted by molar-refractivity contribution is 6.11. The van der Waals surface area contributed by atoms with E-state index in [2.05, 4.69) is 10.3 Å². The van der Waals surface area contributed by atoms with Crippen LogP contribution in [0.5, 0.6) is 11.5 Å². The first-order chi connectivity index (χ1) is 14.6. The van der Waals surface area contributed by atoms with Crippen LogP contribution in [0.3, 0.4) is 0 Å². The summed E-state index contributed by atoms with van der Waals surface area (Å²) in [6, 6.07) is 4.71. The quantitative estimate of drug-likeness (QED) is 0.542. The fourth-order valence-electron chi connectivity index (χ4n) is 4.25. The normalized spacial score (nSPS) is 19.7. The molecule has 3 amide bonds. The molecule has 2 aliphatic heterocycles. The van der Waals surface area contributed by atoms with Crippen molar-refractivity contribution < 1.29 is 28.7 Å². The number of amides is 3. The summed E-state index contributed by atoms with van der Waals surface area (Å²) < 4.78 is 10.7. The van der Waals surface area contributed by atoms with Gasteiger partial charge in [0.1, 0.15) is 5.54 Å². The third-order valence-corrected chi connectivity index (χ3v) is 5.71. The molecular weight excluding hydrogens is 402 g/mol. The lowest BCUT2D eigenvalue weighted by molar-refractivity contribution is -0.130. The van der Waals surface area contributed by atoms with Crippen molar-refractivity contribution in [2.24, 2.45) is 0 Å². The number of ether oxygens (including phenoxy) is 2. The Morgan fingerprint density at radius 3 is 2.55 bits per heavy atom. The molecule has 9 nitrogen and oxygen atoms in total. The molecule has 2 N–H and O–H groups in total. The molecule has 1 aromatic carbocycles. The van der Waals surface area contributed by atoms with Crippen LogP contribution < -0.4 is 14.8 Å². The first-order valence-electron chi connectivity index (χ1n) is 9.86. The van der Waals surface area contributed by atoms with Crippen molar-refractivity contribution in [2.45, 2.75) is 39.7 Å². The predicted octanol–water partition coefficient (Wildman–Crippen LogP) is 2.30. The van der Waals surface area contributed by atoms with Gasteiger partial charge in [0.15, 0.2) is 23.1 Å². The van der Waals surface area contributed by atoms with Crippen molar-refractivity contribution in [3.05, 3.63) is 46.3 Å². The minimum Gasteiger partial charge on any atom is -0.454 e. The maximum atomic E-state index is 13.1. The molecule has 31 heavy (non-hydrogen) atoms. The first-order valence-corrected chi connectivity index (χ1v) is 9.86. The third-order valence-electron chi connectivity index (χ3n) is 5.71. The predicted molar refractivity (Wildman–Crippen MR) is 110 cm³/mol. The van der Waals surface area contributed by atoms with Crippen LogP contribution in [0.4, 0.5) is 4.79 Å². The Morgan fingerprint density at radius 2 is 1.87 bits per heavy atom. The van der Waals surface area contributed by atoms with Crippen LogP contribution in [-0.2, 0) is 11.2 Å². The Hall–Kier alpha value is -3.62. The Kier molecular flexibility index (Phi) is 4.83. The van der Waals surface area contributed by atoms with Crippen molar-refractivity contribution in [2.75, 3.05) is 13.3 Å². The monoisotopic (exact) mass is 425 g/mol. The lowest BCUT2D eigenvalue weighted by atomic mass is 9.92. The molecule has 9 heteroatoms. The van der Waals surface area contributed by atoms with Crippen LogP contribution in [-0.4, -0.2) is 52.3 Å². The number of Topliss-reactive ketones (excluding diaryl/α,β-unsaturated/α-hetero) is 2. The molecular formula is C22H23N3O6. The number of aromatic amines is 1. The second-order valence-corrected chi connectivity index (χ2v) is 8.12. The summed E-state index contributed by atoms with van der Waals surface area (Å²) >= 11 is 0. The van der Waals surface area contributed by atoms with Crippen LogP contribution >= 0.6 is 0 Å². The molecule has 2 aliphatic rings. The maximum Gasteiger partial charge on any atom is 0.325 e. The average molecular weight is 425 g/mol. The van der Waals surface area contributed by atoms with Crippen molar-refractivity contribution in [1.29, 1.82) is 0 Å². The van der Waals surface area contributed by atoms with Gasteiger partial charge < -0.3 is 19.8 Å². The lowest BCUT2D eigenvalue weighted by Crippen LogP contribution is -2.46. The Bertz CT molecular complexity index is 1130. The fraction of sp³-hybridized carbons (Fsp3) is 0.364. The lowest BCUT2D eigenvalue weighted by Gasteiger charge is -2.21. The Labute approximate surface area is 178 Å². The van der Waals surface area contributed by atoms with Crippen LogP contribution in [0.1, 0.15) is 51.5 Å². The minimum atomic E-state index is -1.20. The summed E-state index contributed by atoms with van der Waals surface area (Å²) in [6.07, 6.45) is 0.230. The van der Waals surface area contributed by atoms with Gasteiger partial charge in [-0.25, -0.2) is 4.79 Å². The average Bonchev–Trinajstić information content (AvgIpc) is 3.33. The largest absolute Gasteiger partial charge is 0.454 e. The highest BCUT2D eigenvalue weighted by atomic mass is 16.7. The summed E-state index contributed by atoms with van der Waals surface area (Å²) in [5, 5.41) is 2.70. The zero-order valence-corrected chi connectivity index (χ0v) is 17.8. The molecule has 4 rings (SSSR count). The number of hydrogen-bond donors (Lipinski definition) is 2. The molecule has 1 saturated heterocycles. The van der Waals surface area contributed by atoms with Crippen molar-refractivity contribution >= 4 is 23.5 Å². The first kappa shape index (κ1) is 20.6. The smallest absolute Gasteiger partial charge is 0.325 e.